The topological polar surface area (TPSA) is 55.1 Å². The van der Waals surface area contributed by atoms with Crippen molar-refractivity contribution in [1.82, 2.24) is 0 Å². The minimum Gasteiger partial charge on any atom is -0.327 e. The lowest BCUT2D eigenvalue weighted by Gasteiger charge is -2.27. The summed E-state index contributed by atoms with van der Waals surface area (Å²) in [7, 11) is 0. The Hall–Kier alpha value is -1.00. The molecule has 2 bridgehead atoms. The molecule has 4 atom stereocenters. The third-order valence-electron chi connectivity index (χ3n) is 4.65. The van der Waals surface area contributed by atoms with Gasteiger partial charge >= 0.3 is 0 Å². The van der Waals surface area contributed by atoms with E-state index in [0.717, 1.165) is 17.0 Å². The molecule has 2 fully saturated rings. The maximum atomic E-state index is 12.5. The van der Waals surface area contributed by atoms with E-state index < -0.39 is 0 Å². The first-order valence-electron chi connectivity index (χ1n) is 6.90. The van der Waals surface area contributed by atoms with Crippen LogP contribution in [0.1, 0.15) is 19.3 Å². The van der Waals surface area contributed by atoms with Crippen molar-refractivity contribution in [2.24, 2.45) is 23.5 Å². The van der Waals surface area contributed by atoms with E-state index >= 15 is 0 Å². The minimum absolute atomic E-state index is 0.00802. The smallest absolute Gasteiger partial charge is 0.229 e. The van der Waals surface area contributed by atoms with E-state index in [9.17, 15) is 4.79 Å². The lowest BCUT2D eigenvalue weighted by Crippen LogP contribution is -2.42. The number of carbonyl (C=O) groups excluding carboxylic acids is 1. The molecule has 4 heteroatoms. The van der Waals surface area contributed by atoms with Gasteiger partial charge in [0.05, 0.1) is 11.6 Å². The monoisotopic (exact) mass is 276 g/mol. The van der Waals surface area contributed by atoms with E-state index in [2.05, 4.69) is 5.32 Å². The van der Waals surface area contributed by atoms with Gasteiger partial charge in [-0.05, 0) is 49.5 Å². The number of amides is 1. The van der Waals surface area contributed by atoms with E-state index in [1.807, 2.05) is 30.5 Å². The molecular formula is C15H20N2OS. The van der Waals surface area contributed by atoms with Crippen molar-refractivity contribution >= 4 is 23.4 Å². The number of hydrogen-bond acceptors (Lipinski definition) is 3. The highest BCUT2D eigenvalue weighted by Crippen LogP contribution is 2.48. The Kier molecular flexibility index (Phi) is 3.54. The summed E-state index contributed by atoms with van der Waals surface area (Å²) in [5.74, 6) is 1.19. The SMILES string of the molecule is CSc1ccccc1NC(=O)C1C2CCC(C2)C1N. The van der Waals surface area contributed by atoms with Crippen LogP contribution < -0.4 is 11.1 Å². The molecule has 0 radical (unpaired) electrons. The first-order chi connectivity index (χ1) is 9.20. The molecule has 0 heterocycles. The predicted molar refractivity (Wildman–Crippen MR) is 79.1 cm³/mol. The van der Waals surface area contributed by atoms with Gasteiger partial charge in [0, 0.05) is 10.9 Å². The second-order valence-corrected chi connectivity index (χ2v) is 6.47. The van der Waals surface area contributed by atoms with Gasteiger partial charge in [-0.3, -0.25) is 4.79 Å². The number of anilines is 1. The fourth-order valence-corrected chi connectivity index (χ4v) is 4.24. The Labute approximate surface area is 118 Å². The van der Waals surface area contributed by atoms with Gasteiger partial charge in [-0.15, -0.1) is 11.8 Å². The van der Waals surface area contributed by atoms with Crippen LogP contribution in [0.25, 0.3) is 0 Å². The molecule has 3 rings (SSSR count). The number of para-hydroxylation sites is 1. The molecule has 1 amide bonds. The maximum Gasteiger partial charge on any atom is 0.229 e. The molecule has 1 aromatic carbocycles. The first kappa shape index (κ1) is 13.0. The van der Waals surface area contributed by atoms with Gasteiger partial charge < -0.3 is 11.1 Å². The summed E-state index contributed by atoms with van der Waals surface area (Å²) >= 11 is 1.65. The van der Waals surface area contributed by atoms with Crippen LogP contribution in [0.5, 0.6) is 0 Å². The molecule has 3 N–H and O–H groups in total. The number of rotatable bonds is 3. The van der Waals surface area contributed by atoms with Crippen LogP contribution in [0.2, 0.25) is 0 Å². The zero-order valence-electron chi connectivity index (χ0n) is 11.1. The predicted octanol–water partition coefficient (Wildman–Crippen LogP) is 2.72. The molecule has 2 saturated carbocycles. The van der Waals surface area contributed by atoms with Crippen LogP contribution >= 0.6 is 11.8 Å². The molecule has 0 spiro atoms. The van der Waals surface area contributed by atoms with Gasteiger partial charge in [0.25, 0.3) is 0 Å². The van der Waals surface area contributed by atoms with Gasteiger partial charge in [0.1, 0.15) is 0 Å². The molecular weight excluding hydrogens is 256 g/mol. The third kappa shape index (κ3) is 2.28. The van der Waals surface area contributed by atoms with Gasteiger partial charge in [0.2, 0.25) is 5.91 Å². The Bertz CT molecular complexity index is 489. The van der Waals surface area contributed by atoms with E-state index in [-0.39, 0.29) is 17.9 Å². The summed E-state index contributed by atoms with van der Waals surface area (Å²) in [5, 5.41) is 3.08. The summed E-state index contributed by atoms with van der Waals surface area (Å²) in [5.41, 5.74) is 7.14. The molecule has 4 unspecified atom stereocenters. The van der Waals surface area contributed by atoms with Crippen molar-refractivity contribution in [3.8, 4) is 0 Å². The average molecular weight is 276 g/mol. The third-order valence-corrected chi connectivity index (χ3v) is 5.44. The van der Waals surface area contributed by atoms with Crippen LogP contribution in [0.15, 0.2) is 29.2 Å². The standard InChI is InChI=1S/C15H20N2OS/c1-19-12-5-3-2-4-11(12)17-15(18)13-9-6-7-10(8-9)14(13)16/h2-5,9-10,13-14H,6-8,16H2,1H3,(H,17,18). The van der Waals surface area contributed by atoms with Crippen molar-refractivity contribution in [3.63, 3.8) is 0 Å². The molecule has 2 aliphatic carbocycles. The molecule has 102 valence electrons. The number of nitrogens with one attached hydrogen (secondary N) is 1. The first-order valence-corrected chi connectivity index (χ1v) is 8.12. The summed E-state index contributed by atoms with van der Waals surface area (Å²) in [6.45, 7) is 0. The van der Waals surface area contributed by atoms with Crippen LogP contribution in [0.3, 0.4) is 0 Å². The summed E-state index contributed by atoms with van der Waals surface area (Å²) in [6, 6.07) is 7.99. The molecule has 3 nitrogen and oxygen atoms in total. The Morgan fingerprint density at radius 1 is 1.32 bits per heavy atom. The highest BCUT2D eigenvalue weighted by atomic mass is 32.2. The molecule has 2 aliphatic rings. The molecule has 0 aromatic heterocycles. The van der Waals surface area contributed by atoms with Crippen LogP contribution in [-0.2, 0) is 4.79 Å². The minimum atomic E-state index is 0.00802. The Balaban J connectivity index is 1.75. The molecule has 0 saturated heterocycles. The molecule has 0 aliphatic heterocycles. The highest BCUT2D eigenvalue weighted by molar-refractivity contribution is 7.98. The van der Waals surface area contributed by atoms with Crippen molar-refractivity contribution in [2.75, 3.05) is 11.6 Å². The molecule has 1 aromatic rings. The van der Waals surface area contributed by atoms with Crippen LogP contribution in [0, 0.1) is 17.8 Å². The average Bonchev–Trinajstić information content (AvgIpc) is 3.00. The van der Waals surface area contributed by atoms with E-state index in [1.165, 1.54) is 12.8 Å². The van der Waals surface area contributed by atoms with Crippen LogP contribution in [0.4, 0.5) is 5.69 Å². The maximum absolute atomic E-state index is 12.5. The van der Waals surface area contributed by atoms with E-state index in [4.69, 9.17) is 5.73 Å². The second kappa shape index (κ2) is 5.17. The van der Waals surface area contributed by atoms with Crippen molar-refractivity contribution in [2.45, 2.75) is 30.2 Å². The number of carbonyl (C=O) groups is 1. The van der Waals surface area contributed by atoms with Gasteiger partial charge in [0.15, 0.2) is 0 Å². The quantitative estimate of drug-likeness (QED) is 0.835. The van der Waals surface area contributed by atoms with E-state index in [0.29, 0.717) is 11.8 Å². The summed E-state index contributed by atoms with van der Waals surface area (Å²) in [6.07, 6.45) is 5.54. The van der Waals surface area contributed by atoms with Gasteiger partial charge in [-0.25, -0.2) is 0 Å². The van der Waals surface area contributed by atoms with Crippen molar-refractivity contribution in [1.29, 1.82) is 0 Å². The van der Waals surface area contributed by atoms with Crippen molar-refractivity contribution < 1.29 is 4.79 Å². The lowest BCUT2D eigenvalue weighted by atomic mass is 9.84. The van der Waals surface area contributed by atoms with Gasteiger partial charge in [-0.2, -0.15) is 0 Å². The Morgan fingerprint density at radius 3 is 2.74 bits per heavy atom. The van der Waals surface area contributed by atoms with E-state index in [1.54, 1.807) is 11.8 Å². The Morgan fingerprint density at radius 2 is 2.05 bits per heavy atom. The number of benzene rings is 1. The zero-order chi connectivity index (χ0) is 13.4. The van der Waals surface area contributed by atoms with Crippen LogP contribution in [-0.4, -0.2) is 18.2 Å². The normalized spacial score (nSPS) is 32.5. The summed E-state index contributed by atoms with van der Waals surface area (Å²) in [4.78, 5) is 13.6. The largest absolute Gasteiger partial charge is 0.327 e. The highest BCUT2D eigenvalue weighted by Gasteiger charge is 2.49. The number of hydrogen-bond donors (Lipinski definition) is 2. The summed E-state index contributed by atoms with van der Waals surface area (Å²) < 4.78 is 0. The van der Waals surface area contributed by atoms with Crippen molar-refractivity contribution in [3.05, 3.63) is 24.3 Å². The fraction of sp³-hybridized carbons (Fsp3) is 0.533. The zero-order valence-corrected chi connectivity index (χ0v) is 12.0. The fourth-order valence-electron chi connectivity index (χ4n) is 3.69. The van der Waals surface area contributed by atoms with Gasteiger partial charge in [-0.1, -0.05) is 12.1 Å². The molecule has 19 heavy (non-hydrogen) atoms. The lowest BCUT2D eigenvalue weighted by molar-refractivity contribution is -0.121. The number of thioether (sulfide) groups is 1. The number of nitrogens with two attached hydrogens (primary N) is 1. The second-order valence-electron chi connectivity index (χ2n) is 5.63. The number of fused-ring (bicyclic) bond motifs is 2.